The highest BCUT2D eigenvalue weighted by atomic mass is 35.5. The molecule has 2 aromatic rings. The number of H-pyrrole nitrogens is 1. The number of ether oxygens (including phenoxy) is 1. The van der Waals surface area contributed by atoms with Crippen molar-refractivity contribution in [2.24, 2.45) is 0 Å². The number of halogens is 1. The van der Waals surface area contributed by atoms with Gasteiger partial charge in [0.1, 0.15) is 16.1 Å². The van der Waals surface area contributed by atoms with E-state index in [1.165, 1.54) is 11.5 Å². The fraction of sp³-hybridized carbons (Fsp3) is 0.692. The Morgan fingerprint density at radius 2 is 2.27 bits per heavy atom. The third-order valence-electron chi connectivity index (χ3n) is 3.51. The average Bonchev–Trinajstić information content (AvgIpc) is 3.09. The molecular weight excluding hydrogens is 324 g/mol. The highest BCUT2D eigenvalue weighted by Crippen LogP contribution is 2.25. The van der Waals surface area contributed by atoms with Crippen LogP contribution in [0.5, 0.6) is 0 Å². The molecule has 1 aliphatic heterocycles. The fourth-order valence-corrected chi connectivity index (χ4v) is 2.88. The third kappa shape index (κ3) is 3.45. The Morgan fingerprint density at radius 3 is 2.91 bits per heavy atom. The van der Waals surface area contributed by atoms with Crippen LogP contribution >= 0.6 is 23.1 Å². The van der Waals surface area contributed by atoms with Gasteiger partial charge in [-0.1, -0.05) is 36.9 Å². The first-order valence-electron chi connectivity index (χ1n) is 7.17. The Morgan fingerprint density at radius 1 is 1.45 bits per heavy atom. The maximum atomic E-state index is 6.07. The Hall–Kier alpha value is -1.09. The van der Waals surface area contributed by atoms with E-state index >= 15 is 0 Å². The second kappa shape index (κ2) is 6.19. The van der Waals surface area contributed by atoms with Gasteiger partial charge in [0.15, 0.2) is 11.6 Å². The van der Waals surface area contributed by atoms with E-state index in [0.717, 1.165) is 30.4 Å². The fourth-order valence-electron chi connectivity index (χ4n) is 2.27. The molecule has 0 bridgehead atoms. The second-order valence-corrected chi connectivity index (χ2v) is 7.74. The summed E-state index contributed by atoms with van der Waals surface area (Å²) in [4.78, 5) is 6.83. The predicted octanol–water partition coefficient (Wildman–Crippen LogP) is 2.18. The minimum absolute atomic E-state index is 0.0805. The summed E-state index contributed by atoms with van der Waals surface area (Å²) in [5.41, 5.74) is 0.739. The van der Waals surface area contributed by atoms with E-state index in [2.05, 4.69) is 50.4 Å². The van der Waals surface area contributed by atoms with Crippen LogP contribution < -0.4 is 0 Å². The molecule has 1 fully saturated rings. The standard InChI is InChI=1S/C13H19ClN6OS/c1-13(2,3)12-15-11(17-18-12)9-7-20(4-5-21-9)6-8-10(14)22-19-16-8/h9H,4-7H2,1-3H3,(H,15,17,18)/t9-/m0/s1. The lowest BCUT2D eigenvalue weighted by Crippen LogP contribution is -2.38. The first-order chi connectivity index (χ1) is 10.4. The van der Waals surface area contributed by atoms with Crippen molar-refractivity contribution in [2.75, 3.05) is 19.7 Å². The van der Waals surface area contributed by atoms with Crippen LogP contribution in [0.3, 0.4) is 0 Å². The van der Waals surface area contributed by atoms with Crippen molar-refractivity contribution in [1.29, 1.82) is 0 Å². The van der Waals surface area contributed by atoms with Gasteiger partial charge in [-0.05, 0) is 0 Å². The van der Waals surface area contributed by atoms with Crippen LogP contribution in [0.4, 0.5) is 0 Å². The Kier molecular flexibility index (Phi) is 4.44. The molecule has 3 rings (SSSR count). The van der Waals surface area contributed by atoms with Crippen molar-refractivity contribution in [3.05, 3.63) is 21.7 Å². The Bertz CT molecular complexity index is 637. The zero-order valence-corrected chi connectivity index (χ0v) is 14.4. The van der Waals surface area contributed by atoms with Gasteiger partial charge < -0.3 is 4.74 Å². The van der Waals surface area contributed by atoms with Crippen LogP contribution in [-0.2, 0) is 16.7 Å². The molecule has 0 unspecified atom stereocenters. The summed E-state index contributed by atoms with van der Waals surface area (Å²) in [5.74, 6) is 1.58. The van der Waals surface area contributed by atoms with E-state index in [4.69, 9.17) is 16.3 Å². The first kappa shape index (κ1) is 15.8. The quantitative estimate of drug-likeness (QED) is 0.921. The van der Waals surface area contributed by atoms with Gasteiger partial charge in [0, 0.05) is 36.6 Å². The molecule has 120 valence electrons. The van der Waals surface area contributed by atoms with Crippen molar-refractivity contribution in [2.45, 2.75) is 38.8 Å². The molecule has 1 saturated heterocycles. The summed E-state index contributed by atoms with van der Waals surface area (Å²) < 4.78 is 10.3. The highest BCUT2D eigenvalue weighted by molar-refractivity contribution is 7.10. The normalized spacial score (nSPS) is 20.5. The lowest BCUT2D eigenvalue weighted by molar-refractivity contribution is -0.0374. The molecule has 3 heterocycles. The molecule has 0 amide bonds. The average molecular weight is 343 g/mol. The van der Waals surface area contributed by atoms with Crippen molar-refractivity contribution in [3.63, 3.8) is 0 Å². The third-order valence-corrected chi connectivity index (χ3v) is 4.50. The SMILES string of the molecule is CC(C)(C)c1n[nH]c([C@@H]2CN(Cc3nnsc3Cl)CCO2)n1. The Balaban J connectivity index is 1.68. The lowest BCUT2D eigenvalue weighted by atomic mass is 9.96. The number of aromatic nitrogens is 5. The summed E-state index contributed by atoms with van der Waals surface area (Å²) >= 11 is 7.29. The van der Waals surface area contributed by atoms with Gasteiger partial charge in [0.05, 0.1) is 6.61 Å². The molecule has 0 saturated carbocycles. The molecule has 22 heavy (non-hydrogen) atoms. The molecule has 1 N–H and O–H groups in total. The topological polar surface area (TPSA) is 79.8 Å². The van der Waals surface area contributed by atoms with Gasteiger partial charge in [-0.2, -0.15) is 5.10 Å². The van der Waals surface area contributed by atoms with E-state index in [0.29, 0.717) is 17.5 Å². The molecule has 0 aromatic carbocycles. The largest absolute Gasteiger partial charge is 0.368 e. The van der Waals surface area contributed by atoms with Crippen LogP contribution in [0.25, 0.3) is 0 Å². The zero-order chi connectivity index (χ0) is 15.7. The number of hydrogen-bond acceptors (Lipinski definition) is 7. The van der Waals surface area contributed by atoms with Crippen LogP contribution in [0.1, 0.15) is 44.2 Å². The smallest absolute Gasteiger partial charge is 0.156 e. The van der Waals surface area contributed by atoms with Crippen LogP contribution in [-0.4, -0.2) is 49.4 Å². The summed E-state index contributed by atoms with van der Waals surface area (Å²) in [6.07, 6.45) is -0.109. The van der Waals surface area contributed by atoms with Gasteiger partial charge in [-0.15, -0.1) is 5.10 Å². The Labute approximate surface area is 138 Å². The van der Waals surface area contributed by atoms with Gasteiger partial charge >= 0.3 is 0 Å². The molecule has 1 atom stereocenters. The van der Waals surface area contributed by atoms with Gasteiger partial charge in [0.25, 0.3) is 0 Å². The van der Waals surface area contributed by atoms with Crippen LogP contribution in [0, 0.1) is 0 Å². The van der Waals surface area contributed by atoms with Gasteiger partial charge in [-0.3, -0.25) is 10.00 Å². The molecule has 2 aromatic heterocycles. The summed E-state index contributed by atoms with van der Waals surface area (Å²) in [5, 5.41) is 11.4. The molecule has 0 aliphatic carbocycles. The molecular formula is C13H19ClN6OS. The van der Waals surface area contributed by atoms with Gasteiger partial charge in [0.2, 0.25) is 0 Å². The van der Waals surface area contributed by atoms with Crippen molar-refractivity contribution < 1.29 is 4.74 Å². The highest BCUT2D eigenvalue weighted by Gasteiger charge is 2.28. The van der Waals surface area contributed by atoms with Crippen molar-refractivity contribution >= 4 is 23.1 Å². The number of morpholine rings is 1. The van der Waals surface area contributed by atoms with Crippen LogP contribution in [0.15, 0.2) is 0 Å². The number of aromatic amines is 1. The summed E-state index contributed by atoms with van der Waals surface area (Å²) in [6, 6.07) is 0. The minimum atomic E-state index is -0.109. The number of hydrogen-bond donors (Lipinski definition) is 1. The number of nitrogens with zero attached hydrogens (tertiary/aromatic N) is 5. The van der Waals surface area contributed by atoms with E-state index < -0.39 is 0 Å². The van der Waals surface area contributed by atoms with E-state index in [1.54, 1.807) is 0 Å². The van der Waals surface area contributed by atoms with Crippen molar-refractivity contribution in [3.8, 4) is 0 Å². The zero-order valence-electron chi connectivity index (χ0n) is 12.8. The van der Waals surface area contributed by atoms with Crippen LogP contribution in [0.2, 0.25) is 4.34 Å². The molecule has 1 aliphatic rings. The summed E-state index contributed by atoms with van der Waals surface area (Å²) in [6.45, 7) is 9.15. The predicted molar refractivity (Wildman–Crippen MR) is 84.0 cm³/mol. The molecule has 9 heteroatoms. The second-order valence-electron chi connectivity index (χ2n) is 6.38. The lowest BCUT2D eigenvalue weighted by Gasteiger charge is -2.31. The first-order valence-corrected chi connectivity index (χ1v) is 8.32. The van der Waals surface area contributed by atoms with E-state index in [-0.39, 0.29) is 11.5 Å². The van der Waals surface area contributed by atoms with Crippen molar-refractivity contribution in [1.82, 2.24) is 29.7 Å². The maximum Gasteiger partial charge on any atom is 0.156 e. The monoisotopic (exact) mass is 342 g/mol. The number of nitrogens with one attached hydrogen (secondary N) is 1. The molecule has 0 spiro atoms. The van der Waals surface area contributed by atoms with E-state index in [9.17, 15) is 0 Å². The van der Waals surface area contributed by atoms with E-state index in [1.807, 2.05) is 0 Å². The molecule has 0 radical (unpaired) electrons. The summed E-state index contributed by atoms with van der Waals surface area (Å²) in [7, 11) is 0. The minimum Gasteiger partial charge on any atom is -0.368 e. The molecule has 7 nitrogen and oxygen atoms in total. The van der Waals surface area contributed by atoms with Gasteiger partial charge in [-0.25, -0.2) is 4.98 Å². The number of rotatable bonds is 3. The maximum absolute atomic E-state index is 6.07.